The molecule has 34 heavy (non-hydrogen) atoms. The van der Waals surface area contributed by atoms with Crippen LogP contribution in [0.15, 0.2) is 72.1 Å². The zero-order valence-corrected chi connectivity index (χ0v) is 20.2. The van der Waals surface area contributed by atoms with Gasteiger partial charge in [-0.2, -0.15) is 0 Å². The van der Waals surface area contributed by atoms with E-state index in [0.717, 1.165) is 23.3 Å². The van der Waals surface area contributed by atoms with Crippen LogP contribution in [0.2, 0.25) is 0 Å². The van der Waals surface area contributed by atoms with E-state index in [1.54, 1.807) is 23.3 Å². The zero-order chi connectivity index (χ0) is 23.8. The van der Waals surface area contributed by atoms with E-state index < -0.39 is 0 Å². The molecule has 0 saturated heterocycles. The van der Waals surface area contributed by atoms with Gasteiger partial charge in [0, 0.05) is 25.1 Å². The van der Waals surface area contributed by atoms with Crippen LogP contribution in [0.5, 0.6) is 5.75 Å². The van der Waals surface area contributed by atoms with Gasteiger partial charge >= 0.3 is 0 Å². The van der Waals surface area contributed by atoms with Crippen molar-refractivity contribution in [1.82, 2.24) is 9.80 Å². The van der Waals surface area contributed by atoms with Crippen LogP contribution in [0.3, 0.4) is 0 Å². The Labute approximate surface area is 204 Å². The van der Waals surface area contributed by atoms with Gasteiger partial charge in [0.05, 0.1) is 25.6 Å². The molecule has 0 saturated carbocycles. The second kappa shape index (κ2) is 11.8. The molecule has 4 rings (SSSR count). The van der Waals surface area contributed by atoms with E-state index in [2.05, 4.69) is 11.4 Å². The van der Waals surface area contributed by atoms with Crippen molar-refractivity contribution in [3.63, 3.8) is 0 Å². The van der Waals surface area contributed by atoms with Crippen molar-refractivity contribution < 1.29 is 19.1 Å². The fraction of sp³-hybridized carbons (Fsp3) is 0.333. The number of carbonyl (C=O) groups is 2. The van der Waals surface area contributed by atoms with Gasteiger partial charge in [-0.15, -0.1) is 11.3 Å². The molecule has 3 aromatic rings. The first kappa shape index (κ1) is 24.0. The molecule has 1 aliphatic rings. The second-order valence-corrected chi connectivity index (χ2v) is 9.25. The Hall–Kier alpha value is -3.16. The smallest absolute Gasteiger partial charge is 0.242 e. The zero-order valence-electron chi connectivity index (χ0n) is 19.4. The van der Waals surface area contributed by atoms with E-state index in [4.69, 9.17) is 9.47 Å². The molecule has 1 aromatic heterocycles. The molecule has 1 atom stereocenters. The highest BCUT2D eigenvalue weighted by molar-refractivity contribution is 7.10. The van der Waals surface area contributed by atoms with Gasteiger partial charge in [0.25, 0.3) is 0 Å². The summed E-state index contributed by atoms with van der Waals surface area (Å²) in [6, 6.07) is 21.1. The van der Waals surface area contributed by atoms with Gasteiger partial charge < -0.3 is 19.3 Å². The van der Waals surface area contributed by atoms with Gasteiger partial charge in [-0.1, -0.05) is 48.5 Å². The number of benzene rings is 2. The summed E-state index contributed by atoms with van der Waals surface area (Å²) in [6.07, 6.45) is 1.07. The lowest BCUT2D eigenvalue weighted by Crippen LogP contribution is -2.48. The van der Waals surface area contributed by atoms with Gasteiger partial charge in [0.2, 0.25) is 11.8 Å². The number of nitrogens with zero attached hydrogens (tertiary/aromatic N) is 2. The summed E-state index contributed by atoms with van der Waals surface area (Å²) < 4.78 is 11.3. The number of hydrogen-bond donors (Lipinski definition) is 0. The number of methoxy groups -OCH3 is 1. The predicted octanol–water partition coefficient (Wildman–Crippen LogP) is 3.97. The Morgan fingerprint density at radius 2 is 1.79 bits per heavy atom. The summed E-state index contributed by atoms with van der Waals surface area (Å²) in [5.74, 6) is 0.620. The van der Waals surface area contributed by atoms with Crippen molar-refractivity contribution >= 4 is 23.2 Å². The third-order valence-electron chi connectivity index (χ3n) is 6.01. The molecular formula is C27H30N2O4S. The lowest BCUT2D eigenvalue weighted by molar-refractivity contribution is -0.142. The molecule has 0 aliphatic carbocycles. The molecule has 1 unspecified atom stereocenters. The molecule has 7 heteroatoms. The van der Waals surface area contributed by atoms with Crippen molar-refractivity contribution in [2.45, 2.75) is 18.9 Å². The number of thiophene rings is 1. The monoisotopic (exact) mass is 478 g/mol. The highest BCUT2D eigenvalue weighted by atomic mass is 32.1. The Morgan fingerprint density at radius 1 is 1.06 bits per heavy atom. The molecule has 0 spiro atoms. The van der Waals surface area contributed by atoms with E-state index in [9.17, 15) is 9.59 Å². The molecule has 2 aromatic carbocycles. The molecule has 0 bridgehead atoms. The van der Waals surface area contributed by atoms with Crippen LogP contribution in [0.4, 0.5) is 0 Å². The molecule has 2 amide bonds. The maximum atomic E-state index is 13.5. The third kappa shape index (κ3) is 6.04. The quantitative estimate of drug-likeness (QED) is 0.443. The number of amides is 2. The second-order valence-electron chi connectivity index (χ2n) is 8.25. The Kier molecular flexibility index (Phi) is 8.33. The van der Waals surface area contributed by atoms with Crippen molar-refractivity contribution in [2.75, 3.05) is 40.0 Å². The third-order valence-corrected chi connectivity index (χ3v) is 7.01. The fourth-order valence-electron chi connectivity index (χ4n) is 4.20. The van der Waals surface area contributed by atoms with Crippen molar-refractivity contribution in [3.8, 4) is 5.75 Å². The van der Waals surface area contributed by atoms with E-state index >= 15 is 0 Å². The van der Waals surface area contributed by atoms with E-state index in [1.165, 1.54) is 4.88 Å². The summed E-state index contributed by atoms with van der Waals surface area (Å²) >= 11 is 1.72. The van der Waals surface area contributed by atoms with Gasteiger partial charge in [-0.3, -0.25) is 9.59 Å². The number of rotatable bonds is 10. The lowest BCUT2D eigenvalue weighted by Gasteiger charge is -2.37. The Bertz CT molecular complexity index is 1070. The molecule has 2 heterocycles. The minimum absolute atomic E-state index is 0.0241. The largest absolute Gasteiger partial charge is 0.491 e. The predicted molar refractivity (Wildman–Crippen MR) is 133 cm³/mol. The van der Waals surface area contributed by atoms with Crippen LogP contribution in [-0.2, 0) is 27.2 Å². The van der Waals surface area contributed by atoms with Gasteiger partial charge in [0.1, 0.15) is 12.4 Å². The van der Waals surface area contributed by atoms with Crippen LogP contribution in [0, 0.1) is 0 Å². The molecule has 0 N–H and O–H groups in total. The van der Waals surface area contributed by atoms with E-state index in [0.29, 0.717) is 26.3 Å². The van der Waals surface area contributed by atoms with Gasteiger partial charge in [-0.05, 0) is 41.1 Å². The Morgan fingerprint density at radius 3 is 2.53 bits per heavy atom. The number of hydrogen-bond acceptors (Lipinski definition) is 5. The summed E-state index contributed by atoms with van der Waals surface area (Å²) in [5, 5.41) is 2.07. The molecule has 178 valence electrons. The van der Waals surface area contributed by atoms with Crippen LogP contribution in [-0.4, -0.2) is 61.6 Å². The summed E-state index contributed by atoms with van der Waals surface area (Å²) in [5.41, 5.74) is 2.07. The minimum atomic E-state index is -0.184. The normalized spacial score (nSPS) is 15.0. The maximum Gasteiger partial charge on any atom is 0.242 e. The molecule has 6 nitrogen and oxygen atoms in total. The van der Waals surface area contributed by atoms with Crippen molar-refractivity contribution in [3.05, 3.63) is 88.1 Å². The molecule has 0 radical (unpaired) electrons. The van der Waals surface area contributed by atoms with Crippen LogP contribution in [0.25, 0.3) is 0 Å². The van der Waals surface area contributed by atoms with E-state index in [-0.39, 0.29) is 30.8 Å². The summed E-state index contributed by atoms with van der Waals surface area (Å²) in [6.45, 7) is 1.76. The molecule has 1 aliphatic heterocycles. The summed E-state index contributed by atoms with van der Waals surface area (Å²) in [4.78, 5) is 31.4. The first-order valence-corrected chi connectivity index (χ1v) is 12.4. The molecular weight excluding hydrogens is 448 g/mol. The first-order valence-electron chi connectivity index (χ1n) is 11.5. The SMILES string of the molecule is COCCN(CC(=O)N1CCc2sccc2C1COc1ccccc1)C(=O)Cc1ccccc1. The van der Waals surface area contributed by atoms with E-state index in [1.807, 2.05) is 65.6 Å². The maximum absolute atomic E-state index is 13.5. The van der Waals surface area contributed by atoms with Crippen molar-refractivity contribution in [2.24, 2.45) is 0 Å². The van der Waals surface area contributed by atoms with Gasteiger partial charge in [-0.25, -0.2) is 0 Å². The van der Waals surface area contributed by atoms with Gasteiger partial charge in [0.15, 0.2) is 0 Å². The highest BCUT2D eigenvalue weighted by Gasteiger charge is 2.33. The first-order chi connectivity index (χ1) is 16.7. The average Bonchev–Trinajstić information content (AvgIpc) is 3.35. The Balaban J connectivity index is 1.47. The number of carbonyl (C=O) groups excluding carboxylic acids is 2. The number of fused-ring (bicyclic) bond motifs is 1. The number of para-hydroxylation sites is 1. The topological polar surface area (TPSA) is 59.1 Å². The fourth-order valence-corrected chi connectivity index (χ4v) is 5.12. The standard InChI is InChI=1S/C27H30N2O4S/c1-32-16-15-28(26(30)18-21-8-4-2-5-9-21)19-27(31)29-14-12-25-23(13-17-34-25)24(29)20-33-22-10-6-3-7-11-22/h2-11,13,17,24H,12,14-16,18-20H2,1H3. The highest BCUT2D eigenvalue weighted by Crippen LogP contribution is 2.34. The average molecular weight is 479 g/mol. The number of ether oxygens (including phenoxy) is 2. The summed E-state index contributed by atoms with van der Waals surface area (Å²) in [7, 11) is 1.60. The van der Waals surface area contributed by atoms with Crippen LogP contribution in [0.1, 0.15) is 22.0 Å². The lowest BCUT2D eigenvalue weighted by atomic mass is 10.0. The van der Waals surface area contributed by atoms with Crippen molar-refractivity contribution in [1.29, 1.82) is 0 Å². The minimum Gasteiger partial charge on any atom is -0.491 e. The van der Waals surface area contributed by atoms with Crippen LogP contribution >= 0.6 is 11.3 Å². The molecule has 0 fully saturated rings. The van der Waals surface area contributed by atoms with Crippen LogP contribution < -0.4 is 4.74 Å².